The molecule has 4 aliphatic carbocycles. The van der Waals surface area contributed by atoms with Gasteiger partial charge in [0.2, 0.25) is 0 Å². The Kier molecular flexibility index (Phi) is 15.3. The van der Waals surface area contributed by atoms with E-state index in [9.17, 15) is 4.79 Å². The maximum absolute atomic E-state index is 13.0. The molecule has 2 aromatic carbocycles. The summed E-state index contributed by atoms with van der Waals surface area (Å²) >= 11 is 0. The third kappa shape index (κ3) is 10.7. The van der Waals surface area contributed by atoms with Gasteiger partial charge in [0.05, 0.1) is 6.61 Å². The van der Waals surface area contributed by atoms with E-state index in [0.29, 0.717) is 18.4 Å². The second kappa shape index (κ2) is 20.1. The highest BCUT2D eigenvalue weighted by molar-refractivity contribution is 5.69. The van der Waals surface area contributed by atoms with Gasteiger partial charge in [-0.15, -0.1) is 0 Å². The highest BCUT2D eigenvalue weighted by Crippen LogP contribution is 2.67. The molecule has 56 heavy (non-hydrogen) atoms. The Morgan fingerprint density at radius 2 is 1.52 bits per heavy atom. The molecule has 3 heteroatoms. The molecule has 0 saturated heterocycles. The summed E-state index contributed by atoms with van der Waals surface area (Å²) in [6, 6.07) is 16.7. The molecule has 0 aliphatic heterocycles. The number of unbranched alkanes of at least 4 members (excludes halogenated alkanes) is 5. The zero-order valence-corrected chi connectivity index (χ0v) is 36.3. The molecule has 3 nitrogen and oxygen atoms in total. The molecule has 3 saturated carbocycles. The molecule has 4 aliphatic rings. The first-order valence-electron chi connectivity index (χ1n) is 23.3. The van der Waals surface area contributed by atoms with Gasteiger partial charge in [-0.1, -0.05) is 122 Å². The van der Waals surface area contributed by atoms with E-state index in [1.807, 2.05) is 24.3 Å². The van der Waals surface area contributed by atoms with Crippen molar-refractivity contribution < 1.29 is 14.3 Å². The maximum atomic E-state index is 13.0. The molecule has 3 fully saturated rings. The SMILES string of the molecule is CCCCCCCc1ccc(C#Cc2ccc(OCCCCC(=O)O[C@H]3CC[C@@]4(C)C(=CC[C@H]5[C@@H]6CC[C@H]([C@H](C)CCCC(C)C)[C@@]6(C)CC[C@@H]54)C3)cc2)cc1. The largest absolute Gasteiger partial charge is 0.494 e. The normalized spacial score (nSPS) is 28.6. The maximum Gasteiger partial charge on any atom is 0.306 e. The van der Waals surface area contributed by atoms with Crippen molar-refractivity contribution >= 4 is 5.97 Å². The summed E-state index contributed by atoms with van der Waals surface area (Å²) < 4.78 is 12.1. The van der Waals surface area contributed by atoms with Crippen LogP contribution in [0.3, 0.4) is 0 Å². The van der Waals surface area contributed by atoms with E-state index in [-0.39, 0.29) is 17.5 Å². The summed E-state index contributed by atoms with van der Waals surface area (Å²) in [5.41, 5.74) is 5.84. The van der Waals surface area contributed by atoms with Crippen molar-refractivity contribution in [3.8, 4) is 17.6 Å². The van der Waals surface area contributed by atoms with Gasteiger partial charge < -0.3 is 9.47 Å². The van der Waals surface area contributed by atoms with Crippen LogP contribution >= 0.6 is 0 Å². The van der Waals surface area contributed by atoms with Crippen LogP contribution in [0.25, 0.3) is 0 Å². The standard InChI is InChI=1S/C53H76O3/c1-7-8-9-10-11-17-41-19-21-42(22-20-41)23-24-43-25-28-45(29-26-43)55-37-13-12-18-51(54)56-46-33-35-52(5)44(38-46)27-30-47-49-32-31-48(40(4)16-14-15-39(2)3)53(49,6)36-34-50(47)52/h19-22,25-29,39-40,46-50H,7-18,30-38H2,1-6H3/t40-,46+,47+,48-,49+,50+,52+,53-/m1/s1. The summed E-state index contributed by atoms with van der Waals surface area (Å²) in [5, 5.41) is 0. The quantitative estimate of drug-likeness (QED) is 0.0657. The molecule has 0 N–H and O–H groups in total. The molecular weight excluding hydrogens is 685 g/mol. The third-order valence-electron chi connectivity index (χ3n) is 15.3. The van der Waals surface area contributed by atoms with Gasteiger partial charge in [0, 0.05) is 24.0 Å². The molecule has 306 valence electrons. The van der Waals surface area contributed by atoms with E-state index in [2.05, 4.69) is 83.7 Å². The highest BCUT2D eigenvalue weighted by Gasteiger charge is 2.59. The number of carbonyl (C=O) groups excluding carboxylic acids is 1. The number of fused-ring (bicyclic) bond motifs is 5. The number of ether oxygens (including phenoxy) is 2. The molecule has 0 amide bonds. The molecule has 0 bridgehead atoms. The van der Waals surface area contributed by atoms with Crippen LogP contribution in [-0.2, 0) is 16.0 Å². The smallest absolute Gasteiger partial charge is 0.306 e. The zero-order valence-electron chi connectivity index (χ0n) is 36.3. The van der Waals surface area contributed by atoms with Crippen LogP contribution in [0.15, 0.2) is 60.2 Å². The minimum atomic E-state index is -0.0409. The number of rotatable bonds is 18. The Balaban J connectivity index is 0.884. The van der Waals surface area contributed by atoms with Crippen LogP contribution in [0.5, 0.6) is 5.75 Å². The van der Waals surface area contributed by atoms with E-state index < -0.39 is 0 Å². The first-order chi connectivity index (χ1) is 27.1. The van der Waals surface area contributed by atoms with E-state index >= 15 is 0 Å². The Labute approximate surface area is 342 Å². The van der Waals surface area contributed by atoms with Crippen molar-refractivity contribution in [2.75, 3.05) is 6.61 Å². The van der Waals surface area contributed by atoms with Crippen molar-refractivity contribution in [1.82, 2.24) is 0 Å². The van der Waals surface area contributed by atoms with Crippen LogP contribution in [0.1, 0.15) is 180 Å². The molecule has 6 rings (SSSR count). The number of esters is 1. The lowest BCUT2D eigenvalue weighted by Gasteiger charge is -2.58. The van der Waals surface area contributed by atoms with Gasteiger partial charge in [0.25, 0.3) is 0 Å². The fraction of sp³-hybridized carbons (Fsp3) is 0.679. The topological polar surface area (TPSA) is 35.5 Å². The van der Waals surface area contributed by atoms with Crippen molar-refractivity contribution in [3.63, 3.8) is 0 Å². The van der Waals surface area contributed by atoms with Crippen LogP contribution in [0.2, 0.25) is 0 Å². The fourth-order valence-corrected chi connectivity index (χ4v) is 12.0. The Morgan fingerprint density at radius 1 is 0.786 bits per heavy atom. The predicted octanol–water partition coefficient (Wildman–Crippen LogP) is 14.1. The van der Waals surface area contributed by atoms with Gasteiger partial charge in [-0.2, -0.15) is 0 Å². The van der Waals surface area contributed by atoms with Crippen LogP contribution in [0, 0.1) is 58.2 Å². The van der Waals surface area contributed by atoms with Crippen LogP contribution in [0.4, 0.5) is 0 Å². The van der Waals surface area contributed by atoms with E-state index in [4.69, 9.17) is 9.47 Å². The second-order valence-electron chi connectivity index (χ2n) is 19.6. The first kappa shape index (κ1) is 42.6. The summed E-state index contributed by atoms with van der Waals surface area (Å²) in [6.45, 7) is 15.4. The van der Waals surface area contributed by atoms with Gasteiger partial charge in [0.15, 0.2) is 0 Å². The molecule has 0 heterocycles. The minimum absolute atomic E-state index is 0.0390. The van der Waals surface area contributed by atoms with Gasteiger partial charge in [-0.25, -0.2) is 0 Å². The second-order valence-corrected chi connectivity index (χ2v) is 19.6. The van der Waals surface area contributed by atoms with E-state index in [1.54, 1.807) is 5.57 Å². The zero-order chi connectivity index (χ0) is 39.5. The fourth-order valence-electron chi connectivity index (χ4n) is 12.0. The Bertz CT molecular complexity index is 1620. The minimum Gasteiger partial charge on any atom is -0.494 e. The molecular formula is C53H76O3. The third-order valence-corrected chi connectivity index (χ3v) is 15.3. The van der Waals surface area contributed by atoms with Crippen molar-refractivity contribution in [2.45, 2.75) is 176 Å². The van der Waals surface area contributed by atoms with Gasteiger partial charge in [-0.3, -0.25) is 4.79 Å². The van der Waals surface area contributed by atoms with Crippen molar-refractivity contribution in [3.05, 3.63) is 76.9 Å². The first-order valence-corrected chi connectivity index (χ1v) is 23.3. The van der Waals surface area contributed by atoms with Crippen molar-refractivity contribution in [1.29, 1.82) is 0 Å². The van der Waals surface area contributed by atoms with Crippen LogP contribution in [-0.4, -0.2) is 18.7 Å². The average molecular weight is 761 g/mol. The number of hydrogen-bond acceptors (Lipinski definition) is 3. The lowest BCUT2D eigenvalue weighted by atomic mass is 9.47. The highest BCUT2D eigenvalue weighted by atomic mass is 16.5. The molecule has 8 atom stereocenters. The molecule has 0 radical (unpaired) electrons. The Hall–Kier alpha value is -2.99. The molecule has 2 aromatic rings. The molecule has 0 aromatic heterocycles. The number of aryl methyl sites for hydroxylation is 1. The summed E-state index contributed by atoms with van der Waals surface area (Å²) in [5.74, 6) is 12.5. The van der Waals surface area contributed by atoms with Gasteiger partial charge in [-0.05, 0) is 159 Å². The van der Waals surface area contributed by atoms with Gasteiger partial charge >= 0.3 is 5.97 Å². The van der Waals surface area contributed by atoms with E-state index in [1.165, 1.54) is 95.5 Å². The number of allylic oxidation sites excluding steroid dienone is 1. The lowest BCUT2D eigenvalue weighted by Crippen LogP contribution is -2.51. The molecule has 0 spiro atoms. The van der Waals surface area contributed by atoms with Crippen LogP contribution < -0.4 is 4.74 Å². The summed E-state index contributed by atoms with van der Waals surface area (Å²) in [7, 11) is 0. The monoisotopic (exact) mass is 761 g/mol. The van der Waals surface area contributed by atoms with Gasteiger partial charge in [0.1, 0.15) is 11.9 Å². The number of benzene rings is 2. The Morgan fingerprint density at radius 3 is 2.25 bits per heavy atom. The number of carbonyl (C=O) groups is 1. The predicted molar refractivity (Wildman–Crippen MR) is 234 cm³/mol. The van der Waals surface area contributed by atoms with E-state index in [0.717, 1.165) is 84.5 Å². The lowest BCUT2D eigenvalue weighted by molar-refractivity contribution is -0.151. The average Bonchev–Trinajstić information content (AvgIpc) is 3.55. The molecule has 0 unspecified atom stereocenters. The number of hydrogen-bond donors (Lipinski definition) is 0. The summed E-state index contributed by atoms with van der Waals surface area (Å²) in [4.78, 5) is 13.0. The van der Waals surface area contributed by atoms with Crippen molar-refractivity contribution in [2.24, 2.45) is 46.3 Å². The summed E-state index contributed by atoms with van der Waals surface area (Å²) in [6.07, 6.45) is 26.7.